The molecular weight excluding hydrogens is 488 g/mol. The first-order valence-corrected chi connectivity index (χ1v) is 11.8. The van der Waals surface area contributed by atoms with E-state index in [0.717, 1.165) is 4.90 Å². The number of piperidine rings is 1. The number of nitrogens with one attached hydrogen (secondary N) is 1. The van der Waals surface area contributed by atoms with E-state index in [4.69, 9.17) is 24.1 Å². The van der Waals surface area contributed by atoms with Crippen LogP contribution in [0, 0.1) is 11.8 Å². The standard InChI is InChI=1S/C25H28N2O10/c28-20-7-6-19(23(31)26-20)27-24(32)18-5-1-3-17(22(18)25(27)33)4-2-9-34-11-13-36-15-16-37-14-12-35-10-8-21(29)30/h1,3,5,19H,6-16H2,(H,29,30)(H,26,28,31). The Morgan fingerprint density at radius 1 is 0.946 bits per heavy atom. The van der Waals surface area contributed by atoms with Crippen molar-refractivity contribution < 1.29 is 48.0 Å². The smallest absolute Gasteiger partial charge is 0.305 e. The maximum atomic E-state index is 13.0. The van der Waals surface area contributed by atoms with Crippen molar-refractivity contribution in [1.29, 1.82) is 0 Å². The Balaban J connectivity index is 1.36. The van der Waals surface area contributed by atoms with Gasteiger partial charge in [0.2, 0.25) is 11.8 Å². The van der Waals surface area contributed by atoms with Crippen LogP contribution in [-0.4, -0.2) is 98.5 Å². The van der Waals surface area contributed by atoms with E-state index in [9.17, 15) is 24.0 Å². The van der Waals surface area contributed by atoms with Crippen LogP contribution >= 0.6 is 0 Å². The lowest BCUT2D eigenvalue weighted by Gasteiger charge is -2.27. The number of ether oxygens (including phenoxy) is 4. The zero-order valence-corrected chi connectivity index (χ0v) is 20.2. The van der Waals surface area contributed by atoms with E-state index < -0.39 is 35.6 Å². The Morgan fingerprint density at radius 3 is 2.24 bits per heavy atom. The highest BCUT2D eigenvalue weighted by atomic mass is 16.6. The molecule has 1 saturated heterocycles. The summed E-state index contributed by atoms with van der Waals surface area (Å²) in [4.78, 5) is 60.7. The molecule has 2 aliphatic rings. The normalized spacial score (nSPS) is 16.9. The van der Waals surface area contributed by atoms with Gasteiger partial charge in [0.25, 0.3) is 11.8 Å². The number of carboxylic acid groups (broad SMARTS) is 1. The van der Waals surface area contributed by atoms with Gasteiger partial charge in [-0.3, -0.25) is 34.2 Å². The lowest BCUT2D eigenvalue weighted by molar-refractivity contribution is -0.138. The molecule has 1 aromatic rings. The fourth-order valence-electron chi connectivity index (χ4n) is 3.69. The number of amides is 4. The van der Waals surface area contributed by atoms with Gasteiger partial charge in [0.05, 0.1) is 63.8 Å². The molecule has 1 unspecified atom stereocenters. The van der Waals surface area contributed by atoms with Gasteiger partial charge in [-0.05, 0) is 18.6 Å². The zero-order chi connectivity index (χ0) is 26.6. The third kappa shape index (κ3) is 7.93. The number of benzene rings is 1. The lowest BCUT2D eigenvalue weighted by Crippen LogP contribution is -2.54. The van der Waals surface area contributed by atoms with E-state index in [-0.39, 0.29) is 43.6 Å². The molecule has 198 valence electrons. The molecule has 0 spiro atoms. The zero-order valence-electron chi connectivity index (χ0n) is 20.2. The van der Waals surface area contributed by atoms with Crippen molar-refractivity contribution in [2.45, 2.75) is 25.3 Å². The van der Waals surface area contributed by atoms with Crippen molar-refractivity contribution >= 4 is 29.6 Å². The van der Waals surface area contributed by atoms with Gasteiger partial charge in [-0.2, -0.15) is 0 Å². The van der Waals surface area contributed by atoms with E-state index in [0.29, 0.717) is 45.2 Å². The molecule has 37 heavy (non-hydrogen) atoms. The summed E-state index contributed by atoms with van der Waals surface area (Å²) in [5, 5.41) is 10.6. The average molecular weight is 517 g/mol. The van der Waals surface area contributed by atoms with Gasteiger partial charge in [0, 0.05) is 12.0 Å². The minimum absolute atomic E-state index is 0.0397. The third-order valence-corrected chi connectivity index (χ3v) is 5.44. The molecule has 2 heterocycles. The average Bonchev–Trinajstić information content (AvgIpc) is 3.12. The van der Waals surface area contributed by atoms with Crippen molar-refractivity contribution in [2.24, 2.45) is 0 Å². The van der Waals surface area contributed by atoms with E-state index >= 15 is 0 Å². The number of rotatable bonds is 14. The van der Waals surface area contributed by atoms with Gasteiger partial charge >= 0.3 is 5.97 Å². The predicted octanol–water partition coefficient (Wildman–Crippen LogP) is -0.0196. The summed E-state index contributed by atoms with van der Waals surface area (Å²) in [7, 11) is 0. The predicted molar refractivity (Wildman–Crippen MR) is 126 cm³/mol. The number of hydrogen-bond acceptors (Lipinski definition) is 9. The molecule has 3 rings (SSSR count). The second-order valence-electron chi connectivity index (χ2n) is 8.01. The molecule has 0 aromatic heterocycles. The second-order valence-corrected chi connectivity index (χ2v) is 8.01. The number of hydrogen-bond donors (Lipinski definition) is 2. The Morgan fingerprint density at radius 2 is 1.59 bits per heavy atom. The maximum Gasteiger partial charge on any atom is 0.305 e. The number of aliphatic carboxylic acids is 1. The second kappa shape index (κ2) is 14.2. The maximum absolute atomic E-state index is 13.0. The van der Waals surface area contributed by atoms with Crippen molar-refractivity contribution in [1.82, 2.24) is 10.2 Å². The Kier molecular flexibility index (Phi) is 10.7. The van der Waals surface area contributed by atoms with Crippen molar-refractivity contribution in [2.75, 3.05) is 52.9 Å². The fourth-order valence-corrected chi connectivity index (χ4v) is 3.69. The topological polar surface area (TPSA) is 158 Å². The number of carbonyl (C=O) groups is 5. The summed E-state index contributed by atoms with van der Waals surface area (Å²) in [6, 6.07) is 3.71. The van der Waals surface area contributed by atoms with Gasteiger partial charge < -0.3 is 24.1 Å². The molecular formula is C25H28N2O10. The molecule has 1 aromatic carbocycles. The molecule has 12 heteroatoms. The number of fused-ring (bicyclic) bond motifs is 1. The molecule has 2 N–H and O–H groups in total. The summed E-state index contributed by atoms with van der Waals surface area (Å²) in [5.74, 6) is 2.47. The minimum Gasteiger partial charge on any atom is -0.481 e. The van der Waals surface area contributed by atoms with Crippen LogP contribution in [0.2, 0.25) is 0 Å². The highest BCUT2D eigenvalue weighted by molar-refractivity contribution is 6.24. The summed E-state index contributed by atoms with van der Waals surface area (Å²) in [6.07, 6.45) is 0.0971. The van der Waals surface area contributed by atoms with Crippen molar-refractivity contribution in [3.8, 4) is 11.8 Å². The van der Waals surface area contributed by atoms with Gasteiger partial charge in [-0.15, -0.1) is 0 Å². The Labute approximate surface area is 213 Å². The van der Waals surface area contributed by atoms with Gasteiger partial charge in [0.1, 0.15) is 12.6 Å². The molecule has 0 aliphatic carbocycles. The quantitative estimate of drug-likeness (QED) is 0.196. The van der Waals surface area contributed by atoms with Crippen LogP contribution in [0.1, 0.15) is 45.5 Å². The van der Waals surface area contributed by atoms with Crippen molar-refractivity contribution in [3.63, 3.8) is 0 Å². The van der Waals surface area contributed by atoms with Crippen LogP contribution in [0.15, 0.2) is 18.2 Å². The Hall–Kier alpha value is -3.63. The van der Waals surface area contributed by atoms with E-state index in [1.165, 1.54) is 6.07 Å². The van der Waals surface area contributed by atoms with Crippen LogP contribution in [0.25, 0.3) is 0 Å². The van der Waals surface area contributed by atoms with Crippen molar-refractivity contribution in [3.05, 3.63) is 34.9 Å². The molecule has 12 nitrogen and oxygen atoms in total. The Bertz CT molecular complexity index is 1090. The van der Waals surface area contributed by atoms with Crippen LogP contribution in [0.3, 0.4) is 0 Å². The highest BCUT2D eigenvalue weighted by Gasteiger charge is 2.45. The van der Waals surface area contributed by atoms with Gasteiger partial charge in [-0.25, -0.2) is 0 Å². The van der Waals surface area contributed by atoms with E-state index in [1.807, 2.05) is 0 Å². The largest absolute Gasteiger partial charge is 0.481 e. The fraction of sp³-hybridized carbons (Fsp3) is 0.480. The molecule has 4 amide bonds. The molecule has 1 atom stereocenters. The first kappa shape index (κ1) is 27.9. The summed E-state index contributed by atoms with van der Waals surface area (Å²) < 4.78 is 21.2. The number of imide groups is 2. The summed E-state index contributed by atoms with van der Waals surface area (Å²) in [5.41, 5.74) is 0.666. The number of carboxylic acids is 1. The molecule has 1 fully saturated rings. The van der Waals surface area contributed by atoms with E-state index in [2.05, 4.69) is 17.2 Å². The number of carbonyl (C=O) groups excluding carboxylic acids is 4. The monoisotopic (exact) mass is 516 g/mol. The highest BCUT2D eigenvalue weighted by Crippen LogP contribution is 2.29. The summed E-state index contributed by atoms with van der Waals surface area (Å²) in [6.45, 7) is 2.24. The number of nitrogens with zero attached hydrogens (tertiary/aromatic N) is 1. The van der Waals surface area contributed by atoms with Gasteiger partial charge in [-0.1, -0.05) is 17.9 Å². The van der Waals surface area contributed by atoms with Crippen LogP contribution < -0.4 is 5.32 Å². The molecule has 0 saturated carbocycles. The molecule has 2 aliphatic heterocycles. The van der Waals surface area contributed by atoms with Crippen LogP contribution in [0.4, 0.5) is 0 Å². The SMILES string of the molecule is O=C(O)CCOCCOCCOCCOCC#Cc1cccc2c1C(=O)N(C1CCC(=O)NC1=O)C2=O. The minimum atomic E-state index is -1.03. The third-order valence-electron chi connectivity index (χ3n) is 5.44. The van der Waals surface area contributed by atoms with E-state index in [1.54, 1.807) is 12.1 Å². The molecule has 0 radical (unpaired) electrons. The summed E-state index contributed by atoms with van der Waals surface area (Å²) >= 11 is 0. The van der Waals surface area contributed by atoms with Gasteiger partial charge in [0.15, 0.2) is 0 Å². The molecule has 0 bridgehead atoms. The van der Waals surface area contributed by atoms with Crippen LogP contribution in [-0.2, 0) is 33.3 Å². The van der Waals surface area contributed by atoms with Crippen LogP contribution in [0.5, 0.6) is 0 Å². The first-order chi connectivity index (χ1) is 17.9. The lowest BCUT2D eigenvalue weighted by atomic mass is 10.0. The first-order valence-electron chi connectivity index (χ1n) is 11.8.